The monoisotopic (exact) mass is 347 g/mol. The van der Waals surface area contributed by atoms with E-state index in [1.165, 1.54) is 26.4 Å². The molecule has 0 aromatic heterocycles. The molecule has 1 N–H and O–H groups in total. The molecule has 0 unspecified atom stereocenters. The third-order valence-corrected chi connectivity index (χ3v) is 3.42. The summed E-state index contributed by atoms with van der Waals surface area (Å²) in [6.45, 7) is 1.07. The zero-order chi connectivity index (χ0) is 18.4. The summed E-state index contributed by atoms with van der Waals surface area (Å²) < 4.78 is 28.6. The van der Waals surface area contributed by atoms with Crippen molar-refractivity contribution in [3.8, 4) is 11.5 Å². The second-order valence-electron chi connectivity index (χ2n) is 5.15. The minimum absolute atomic E-state index is 0.0397. The number of hydrogen-bond acceptors (Lipinski definition) is 5. The van der Waals surface area contributed by atoms with Crippen LogP contribution in [-0.2, 0) is 9.53 Å². The molecule has 6 nitrogen and oxygen atoms in total. The molecule has 0 aliphatic heterocycles. The minimum Gasteiger partial charge on any atom is -0.497 e. The van der Waals surface area contributed by atoms with E-state index >= 15 is 0 Å². The summed E-state index contributed by atoms with van der Waals surface area (Å²) in [4.78, 5) is 23.8. The van der Waals surface area contributed by atoms with Crippen LogP contribution in [0.15, 0.2) is 36.4 Å². The number of hydrogen-bond donors (Lipinski definition) is 1. The summed E-state index contributed by atoms with van der Waals surface area (Å²) in [7, 11) is 2.97. The number of amides is 1. The number of rotatable bonds is 6. The van der Waals surface area contributed by atoms with Crippen LogP contribution in [0.25, 0.3) is 0 Å². The smallest absolute Gasteiger partial charge is 0.338 e. The molecule has 0 aliphatic carbocycles. The van der Waals surface area contributed by atoms with Gasteiger partial charge in [0.15, 0.2) is 6.61 Å². The lowest BCUT2D eigenvalue weighted by atomic mass is 10.1. The van der Waals surface area contributed by atoms with Gasteiger partial charge in [0.05, 0.1) is 25.5 Å². The van der Waals surface area contributed by atoms with Crippen molar-refractivity contribution in [2.45, 2.75) is 6.92 Å². The normalized spacial score (nSPS) is 10.1. The zero-order valence-electron chi connectivity index (χ0n) is 14.1. The average Bonchev–Trinajstić information content (AvgIpc) is 2.62. The zero-order valence-corrected chi connectivity index (χ0v) is 14.1. The van der Waals surface area contributed by atoms with Crippen LogP contribution in [0, 0.1) is 12.7 Å². The quantitative estimate of drug-likeness (QED) is 0.813. The molecular formula is C18H18FNO5. The molecule has 0 saturated carbocycles. The number of esters is 1. The van der Waals surface area contributed by atoms with E-state index in [4.69, 9.17) is 14.2 Å². The van der Waals surface area contributed by atoms with E-state index in [1.807, 2.05) is 0 Å². The van der Waals surface area contributed by atoms with Gasteiger partial charge in [-0.2, -0.15) is 0 Å². The Bertz CT molecular complexity index is 791. The number of anilines is 1. The lowest BCUT2D eigenvalue weighted by Crippen LogP contribution is -2.21. The fourth-order valence-corrected chi connectivity index (χ4v) is 2.02. The Kier molecular flexibility index (Phi) is 5.94. The van der Waals surface area contributed by atoms with E-state index in [2.05, 4.69) is 5.32 Å². The molecule has 0 aliphatic rings. The van der Waals surface area contributed by atoms with E-state index in [-0.39, 0.29) is 5.56 Å². The molecule has 0 bridgehead atoms. The molecule has 7 heteroatoms. The summed E-state index contributed by atoms with van der Waals surface area (Å²) in [5, 5.41) is 2.57. The fourth-order valence-electron chi connectivity index (χ4n) is 2.02. The van der Waals surface area contributed by atoms with Crippen molar-refractivity contribution >= 4 is 17.6 Å². The molecule has 0 atom stereocenters. The number of methoxy groups -OCH3 is 2. The average molecular weight is 347 g/mol. The van der Waals surface area contributed by atoms with Gasteiger partial charge in [-0.25, -0.2) is 9.18 Å². The highest BCUT2D eigenvalue weighted by molar-refractivity contribution is 5.96. The molecule has 0 spiro atoms. The lowest BCUT2D eigenvalue weighted by Gasteiger charge is -2.12. The van der Waals surface area contributed by atoms with Crippen LogP contribution in [0.3, 0.4) is 0 Å². The van der Waals surface area contributed by atoms with Crippen LogP contribution in [0.1, 0.15) is 15.9 Å². The molecule has 0 radical (unpaired) electrons. The fraction of sp³-hybridized carbons (Fsp3) is 0.222. The van der Waals surface area contributed by atoms with Gasteiger partial charge in [0, 0.05) is 6.07 Å². The Morgan fingerprint density at radius 1 is 1.08 bits per heavy atom. The maximum absolute atomic E-state index is 13.5. The maximum Gasteiger partial charge on any atom is 0.338 e. The van der Waals surface area contributed by atoms with Crippen LogP contribution in [0.5, 0.6) is 11.5 Å². The molecule has 25 heavy (non-hydrogen) atoms. The van der Waals surface area contributed by atoms with Crippen LogP contribution in [0.4, 0.5) is 10.1 Å². The molecular weight excluding hydrogens is 329 g/mol. The SMILES string of the molecule is COc1ccc(NC(=O)COC(=O)c2ccc(C)c(F)c2)c(OC)c1. The van der Waals surface area contributed by atoms with Gasteiger partial charge in [-0.3, -0.25) is 4.79 Å². The first-order chi connectivity index (χ1) is 11.9. The topological polar surface area (TPSA) is 73.9 Å². The van der Waals surface area contributed by atoms with Crippen LogP contribution >= 0.6 is 0 Å². The standard InChI is InChI=1S/C18H18FNO5/c1-11-4-5-12(8-14(11)19)18(22)25-10-17(21)20-15-7-6-13(23-2)9-16(15)24-3/h4-9H,10H2,1-3H3,(H,20,21). The largest absolute Gasteiger partial charge is 0.497 e. The van der Waals surface area contributed by atoms with Crippen molar-refractivity contribution in [2.24, 2.45) is 0 Å². The Morgan fingerprint density at radius 3 is 2.48 bits per heavy atom. The van der Waals surface area contributed by atoms with Gasteiger partial charge in [0.1, 0.15) is 17.3 Å². The Balaban J connectivity index is 1.96. The first-order valence-corrected chi connectivity index (χ1v) is 7.39. The predicted octanol–water partition coefficient (Wildman–Crippen LogP) is 2.95. The van der Waals surface area contributed by atoms with E-state index in [0.29, 0.717) is 22.7 Å². The van der Waals surface area contributed by atoms with Crippen molar-refractivity contribution in [3.05, 3.63) is 53.3 Å². The van der Waals surface area contributed by atoms with Crippen molar-refractivity contribution in [1.29, 1.82) is 0 Å². The number of halogens is 1. The number of ether oxygens (including phenoxy) is 3. The number of carbonyl (C=O) groups is 2. The van der Waals surface area contributed by atoms with Crippen LogP contribution in [0.2, 0.25) is 0 Å². The van der Waals surface area contributed by atoms with Gasteiger partial charge < -0.3 is 19.5 Å². The molecule has 2 aromatic carbocycles. The van der Waals surface area contributed by atoms with Crippen molar-refractivity contribution in [1.82, 2.24) is 0 Å². The summed E-state index contributed by atoms with van der Waals surface area (Å²) in [6.07, 6.45) is 0. The molecule has 2 rings (SSSR count). The van der Waals surface area contributed by atoms with Gasteiger partial charge in [-0.1, -0.05) is 6.07 Å². The number of aryl methyl sites for hydroxylation is 1. The predicted molar refractivity (Wildman–Crippen MR) is 89.6 cm³/mol. The van der Waals surface area contributed by atoms with E-state index < -0.39 is 24.3 Å². The van der Waals surface area contributed by atoms with Gasteiger partial charge in [0.25, 0.3) is 5.91 Å². The highest BCUT2D eigenvalue weighted by atomic mass is 19.1. The van der Waals surface area contributed by atoms with Gasteiger partial charge in [-0.05, 0) is 36.8 Å². The van der Waals surface area contributed by atoms with Gasteiger partial charge in [-0.15, -0.1) is 0 Å². The third kappa shape index (κ3) is 4.69. The van der Waals surface area contributed by atoms with Crippen molar-refractivity contribution < 1.29 is 28.2 Å². The number of nitrogens with one attached hydrogen (secondary N) is 1. The highest BCUT2D eigenvalue weighted by Crippen LogP contribution is 2.28. The summed E-state index contributed by atoms with van der Waals surface area (Å²) in [5.41, 5.74) is 0.865. The second kappa shape index (κ2) is 8.14. The maximum atomic E-state index is 13.5. The molecule has 0 saturated heterocycles. The highest BCUT2D eigenvalue weighted by Gasteiger charge is 2.13. The molecule has 2 aromatic rings. The molecule has 1 amide bonds. The number of benzene rings is 2. The molecule has 132 valence electrons. The Morgan fingerprint density at radius 2 is 1.84 bits per heavy atom. The summed E-state index contributed by atoms with van der Waals surface area (Å²) in [6, 6.07) is 8.84. The van der Waals surface area contributed by atoms with Crippen LogP contribution < -0.4 is 14.8 Å². The third-order valence-electron chi connectivity index (χ3n) is 3.42. The first kappa shape index (κ1) is 18.3. The second-order valence-corrected chi connectivity index (χ2v) is 5.15. The molecule has 0 fully saturated rings. The summed E-state index contributed by atoms with van der Waals surface area (Å²) in [5.74, 6) is -0.871. The van der Waals surface area contributed by atoms with E-state index in [1.54, 1.807) is 25.1 Å². The van der Waals surface area contributed by atoms with E-state index in [9.17, 15) is 14.0 Å². The summed E-state index contributed by atoms with van der Waals surface area (Å²) >= 11 is 0. The van der Waals surface area contributed by atoms with Crippen LogP contribution in [-0.4, -0.2) is 32.7 Å². The van der Waals surface area contributed by atoms with Gasteiger partial charge in [0.2, 0.25) is 0 Å². The number of carbonyl (C=O) groups excluding carboxylic acids is 2. The lowest BCUT2D eigenvalue weighted by molar-refractivity contribution is -0.119. The Hall–Kier alpha value is -3.09. The molecule has 0 heterocycles. The van der Waals surface area contributed by atoms with Crippen molar-refractivity contribution in [2.75, 3.05) is 26.1 Å². The minimum atomic E-state index is -0.782. The first-order valence-electron chi connectivity index (χ1n) is 7.39. The van der Waals surface area contributed by atoms with Crippen molar-refractivity contribution in [3.63, 3.8) is 0 Å². The van der Waals surface area contributed by atoms with E-state index in [0.717, 1.165) is 6.07 Å². The Labute approximate surface area is 144 Å². The van der Waals surface area contributed by atoms with Gasteiger partial charge >= 0.3 is 5.97 Å².